The topological polar surface area (TPSA) is 38.3 Å². The van der Waals surface area contributed by atoms with Crippen molar-refractivity contribution < 1.29 is 9.53 Å². The summed E-state index contributed by atoms with van der Waals surface area (Å²) in [5.41, 5.74) is 0.896. The van der Waals surface area contributed by atoms with Crippen LogP contribution in [0.15, 0.2) is 30.3 Å². The molecular formula is C15H21NO2. The summed E-state index contributed by atoms with van der Waals surface area (Å²) >= 11 is 0. The van der Waals surface area contributed by atoms with E-state index in [2.05, 4.69) is 19.2 Å². The Kier molecular flexibility index (Phi) is 5.43. The molecule has 0 aliphatic heterocycles. The zero-order chi connectivity index (χ0) is 13.5. The van der Waals surface area contributed by atoms with E-state index < -0.39 is 0 Å². The summed E-state index contributed by atoms with van der Waals surface area (Å²) < 4.78 is 5.21. The third kappa shape index (κ3) is 4.24. The fourth-order valence-electron chi connectivity index (χ4n) is 1.41. The summed E-state index contributed by atoms with van der Waals surface area (Å²) in [6.07, 6.45) is 3.30. The molecule has 0 aliphatic carbocycles. The first-order valence-corrected chi connectivity index (χ1v) is 6.16. The summed E-state index contributed by atoms with van der Waals surface area (Å²) in [4.78, 5) is 11.7. The number of ether oxygens (including phenoxy) is 1. The lowest BCUT2D eigenvalue weighted by molar-refractivity contribution is -0.117. The minimum atomic E-state index is -0.0814. The van der Waals surface area contributed by atoms with E-state index in [-0.39, 0.29) is 11.9 Å². The molecule has 0 aromatic heterocycles. The average Bonchev–Trinajstić information content (AvgIpc) is 2.36. The summed E-state index contributed by atoms with van der Waals surface area (Å²) in [7, 11) is 1.62. The summed E-state index contributed by atoms with van der Waals surface area (Å²) in [6.45, 7) is 6.16. The SMILES string of the molecule is COc1ccccc1/C=C/C(=O)NC(C)C(C)C. The molecule has 0 aliphatic rings. The van der Waals surface area contributed by atoms with Crippen LogP contribution in [0.5, 0.6) is 5.75 Å². The van der Waals surface area contributed by atoms with Gasteiger partial charge in [-0.25, -0.2) is 0 Å². The van der Waals surface area contributed by atoms with Gasteiger partial charge in [0, 0.05) is 17.7 Å². The summed E-state index contributed by atoms with van der Waals surface area (Å²) in [5.74, 6) is 1.11. The molecule has 1 aromatic carbocycles. The van der Waals surface area contributed by atoms with Gasteiger partial charge in [-0.05, 0) is 25.0 Å². The number of methoxy groups -OCH3 is 1. The number of amides is 1. The summed E-state index contributed by atoms with van der Waals surface area (Å²) in [6, 6.07) is 7.76. The first-order chi connectivity index (χ1) is 8.54. The number of para-hydroxylation sites is 1. The molecule has 1 aromatic rings. The maximum atomic E-state index is 11.7. The monoisotopic (exact) mass is 247 g/mol. The van der Waals surface area contributed by atoms with Crippen LogP contribution < -0.4 is 10.1 Å². The van der Waals surface area contributed by atoms with Crippen molar-refractivity contribution in [2.24, 2.45) is 5.92 Å². The molecule has 1 amide bonds. The Morgan fingerprint density at radius 1 is 1.28 bits per heavy atom. The highest BCUT2D eigenvalue weighted by molar-refractivity contribution is 5.92. The highest BCUT2D eigenvalue weighted by atomic mass is 16.5. The van der Waals surface area contributed by atoms with Gasteiger partial charge in [0.25, 0.3) is 0 Å². The van der Waals surface area contributed by atoms with Crippen LogP contribution in [-0.2, 0) is 4.79 Å². The predicted molar refractivity (Wildman–Crippen MR) is 74.5 cm³/mol. The Hall–Kier alpha value is -1.77. The van der Waals surface area contributed by atoms with Crippen LogP contribution in [0.1, 0.15) is 26.3 Å². The minimum Gasteiger partial charge on any atom is -0.496 e. The predicted octanol–water partition coefficient (Wildman–Crippen LogP) is 2.87. The lowest BCUT2D eigenvalue weighted by atomic mass is 10.1. The van der Waals surface area contributed by atoms with Crippen LogP contribution in [0.25, 0.3) is 6.08 Å². The van der Waals surface area contributed by atoms with Gasteiger partial charge in [0.2, 0.25) is 5.91 Å². The van der Waals surface area contributed by atoms with Crippen LogP contribution in [0, 0.1) is 5.92 Å². The lowest BCUT2D eigenvalue weighted by Gasteiger charge is -2.15. The third-order valence-electron chi connectivity index (χ3n) is 2.92. The highest BCUT2D eigenvalue weighted by Crippen LogP contribution is 2.18. The molecule has 18 heavy (non-hydrogen) atoms. The van der Waals surface area contributed by atoms with Gasteiger partial charge in [0.1, 0.15) is 5.75 Å². The molecule has 0 fully saturated rings. The Morgan fingerprint density at radius 2 is 1.94 bits per heavy atom. The second kappa shape index (κ2) is 6.84. The van der Waals surface area contributed by atoms with E-state index >= 15 is 0 Å². The van der Waals surface area contributed by atoms with E-state index in [9.17, 15) is 4.79 Å². The number of carbonyl (C=O) groups is 1. The van der Waals surface area contributed by atoms with Crippen LogP contribution in [0.4, 0.5) is 0 Å². The molecule has 0 bridgehead atoms. The Labute approximate surface area is 109 Å². The molecule has 0 spiro atoms. The van der Waals surface area contributed by atoms with Gasteiger partial charge in [-0.2, -0.15) is 0 Å². The highest BCUT2D eigenvalue weighted by Gasteiger charge is 2.08. The van der Waals surface area contributed by atoms with E-state index in [1.807, 2.05) is 31.2 Å². The van der Waals surface area contributed by atoms with Crippen LogP contribution in [0.3, 0.4) is 0 Å². The smallest absolute Gasteiger partial charge is 0.244 e. The molecule has 0 saturated heterocycles. The lowest BCUT2D eigenvalue weighted by Crippen LogP contribution is -2.34. The standard InChI is InChI=1S/C15H21NO2/c1-11(2)12(3)16-15(17)10-9-13-7-5-6-8-14(13)18-4/h5-12H,1-4H3,(H,16,17)/b10-9+. The molecule has 3 heteroatoms. The van der Waals surface area contributed by atoms with Crippen molar-refractivity contribution in [2.75, 3.05) is 7.11 Å². The maximum absolute atomic E-state index is 11.7. The molecule has 98 valence electrons. The Balaban J connectivity index is 2.66. The Morgan fingerprint density at radius 3 is 2.56 bits per heavy atom. The normalized spacial score (nSPS) is 12.7. The van der Waals surface area contributed by atoms with Crippen molar-refractivity contribution in [3.8, 4) is 5.75 Å². The van der Waals surface area contributed by atoms with Crippen molar-refractivity contribution in [1.82, 2.24) is 5.32 Å². The van der Waals surface area contributed by atoms with Gasteiger partial charge in [-0.1, -0.05) is 32.0 Å². The molecular weight excluding hydrogens is 226 g/mol. The van der Waals surface area contributed by atoms with Crippen LogP contribution in [0.2, 0.25) is 0 Å². The van der Waals surface area contributed by atoms with Crippen molar-refractivity contribution in [2.45, 2.75) is 26.8 Å². The second-order valence-corrected chi connectivity index (χ2v) is 4.62. The van der Waals surface area contributed by atoms with Gasteiger partial charge in [-0.15, -0.1) is 0 Å². The van der Waals surface area contributed by atoms with E-state index in [1.54, 1.807) is 13.2 Å². The maximum Gasteiger partial charge on any atom is 0.244 e. The largest absolute Gasteiger partial charge is 0.496 e. The number of carbonyl (C=O) groups excluding carboxylic acids is 1. The van der Waals surface area contributed by atoms with E-state index in [4.69, 9.17) is 4.74 Å². The fourth-order valence-corrected chi connectivity index (χ4v) is 1.41. The molecule has 0 radical (unpaired) electrons. The number of hydrogen-bond donors (Lipinski definition) is 1. The van der Waals surface area contributed by atoms with E-state index in [0.29, 0.717) is 5.92 Å². The first kappa shape index (κ1) is 14.3. The number of benzene rings is 1. The van der Waals surface area contributed by atoms with Gasteiger partial charge >= 0.3 is 0 Å². The zero-order valence-electron chi connectivity index (χ0n) is 11.4. The molecule has 1 unspecified atom stereocenters. The van der Waals surface area contributed by atoms with Gasteiger partial charge in [0.05, 0.1) is 7.11 Å². The zero-order valence-corrected chi connectivity index (χ0v) is 11.4. The van der Waals surface area contributed by atoms with Crippen molar-refractivity contribution >= 4 is 12.0 Å². The van der Waals surface area contributed by atoms with Gasteiger partial charge in [0.15, 0.2) is 0 Å². The molecule has 1 atom stereocenters. The first-order valence-electron chi connectivity index (χ1n) is 6.16. The molecule has 1 N–H and O–H groups in total. The molecule has 0 saturated carbocycles. The quantitative estimate of drug-likeness (QED) is 0.812. The van der Waals surface area contributed by atoms with Crippen LogP contribution in [-0.4, -0.2) is 19.1 Å². The average molecular weight is 247 g/mol. The second-order valence-electron chi connectivity index (χ2n) is 4.62. The molecule has 3 nitrogen and oxygen atoms in total. The van der Waals surface area contributed by atoms with Crippen molar-refractivity contribution in [3.05, 3.63) is 35.9 Å². The fraction of sp³-hybridized carbons (Fsp3) is 0.400. The minimum absolute atomic E-state index is 0.0814. The van der Waals surface area contributed by atoms with Crippen molar-refractivity contribution in [3.63, 3.8) is 0 Å². The number of rotatable bonds is 5. The van der Waals surface area contributed by atoms with E-state index in [0.717, 1.165) is 11.3 Å². The number of hydrogen-bond acceptors (Lipinski definition) is 2. The van der Waals surface area contributed by atoms with Gasteiger partial charge in [-0.3, -0.25) is 4.79 Å². The molecule has 0 heterocycles. The van der Waals surface area contributed by atoms with Crippen molar-refractivity contribution in [1.29, 1.82) is 0 Å². The number of nitrogens with one attached hydrogen (secondary N) is 1. The molecule has 1 rings (SSSR count). The van der Waals surface area contributed by atoms with E-state index in [1.165, 1.54) is 6.08 Å². The summed E-state index contributed by atoms with van der Waals surface area (Å²) in [5, 5.41) is 2.92. The third-order valence-corrected chi connectivity index (χ3v) is 2.92. The van der Waals surface area contributed by atoms with Crippen LogP contribution >= 0.6 is 0 Å². The van der Waals surface area contributed by atoms with Gasteiger partial charge < -0.3 is 10.1 Å². The Bertz CT molecular complexity index is 424.